The fourth-order valence-electron chi connectivity index (χ4n) is 8.52. The van der Waals surface area contributed by atoms with Crippen molar-refractivity contribution in [3.05, 3.63) is 59.7 Å². The van der Waals surface area contributed by atoms with E-state index in [2.05, 4.69) is 143 Å². The smallest absolute Gasteiger partial charge is 0.330 e. The van der Waals surface area contributed by atoms with Gasteiger partial charge in [-0.3, -0.25) is 0 Å². The van der Waals surface area contributed by atoms with Gasteiger partial charge < -0.3 is 13.6 Å². The molecule has 3 saturated carbocycles. The number of esters is 1. The maximum absolute atomic E-state index is 13.7. The van der Waals surface area contributed by atoms with Gasteiger partial charge in [-0.15, -0.1) is 11.8 Å². The van der Waals surface area contributed by atoms with Gasteiger partial charge in [0.2, 0.25) is 0 Å². The third kappa shape index (κ3) is 10.2. The van der Waals surface area contributed by atoms with Gasteiger partial charge in [-0.25, -0.2) is 4.79 Å². The van der Waals surface area contributed by atoms with Crippen LogP contribution in [0.5, 0.6) is 0 Å². The Labute approximate surface area is 321 Å². The Morgan fingerprint density at radius 2 is 1.54 bits per heavy atom. The number of hydrogen-bond donors (Lipinski definition) is 0. The van der Waals surface area contributed by atoms with Gasteiger partial charge in [0.05, 0.1) is 12.2 Å². The van der Waals surface area contributed by atoms with Crippen LogP contribution in [0.2, 0.25) is 36.3 Å². The molecule has 3 fully saturated rings. The molecule has 1 aromatic carbocycles. The van der Waals surface area contributed by atoms with Crippen molar-refractivity contribution >= 4 is 22.6 Å². The Morgan fingerprint density at radius 3 is 2.15 bits per heavy atom. The summed E-state index contributed by atoms with van der Waals surface area (Å²) in [6.07, 6.45) is 15.0. The molecule has 3 aliphatic rings. The Bertz CT molecular complexity index is 1470. The number of hydrogen-bond acceptors (Lipinski definition) is 4. The van der Waals surface area contributed by atoms with Crippen molar-refractivity contribution in [2.75, 3.05) is 0 Å². The van der Waals surface area contributed by atoms with E-state index in [0.29, 0.717) is 23.7 Å². The summed E-state index contributed by atoms with van der Waals surface area (Å²) in [6.45, 7) is 32.3. The zero-order chi connectivity index (χ0) is 38.7. The molecule has 1 aromatic rings. The molecule has 0 amide bonds. The molecule has 0 bridgehead atoms. The number of benzene rings is 1. The fraction of sp³-hybridized carbons (Fsp3) is 0.717. The van der Waals surface area contributed by atoms with E-state index in [1.165, 1.54) is 17.6 Å². The molecular weight excluding hydrogens is 673 g/mol. The molecule has 0 N–H and O–H groups in total. The molecule has 4 unspecified atom stereocenters. The first-order valence-electron chi connectivity index (χ1n) is 20.5. The molecule has 52 heavy (non-hydrogen) atoms. The van der Waals surface area contributed by atoms with Gasteiger partial charge in [0.15, 0.2) is 16.6 Å². The third-order valence-electron chi connectivity index (χ3n) is 14.0. The third-order valence-corrected chi connectivity index (χ3v) is 23.0. The molecule has 0 aromatic heterocycles. The summed E-state index contributed by atoms with van der Waals surface area (Å²) >= 11 is 0. The van der Waals surface area contributed by atoms with Crippen LogP contribution in [0.3, 0.4) is 0 Å². The van der Waals surface area contributed by atoms with Crippen molar-refractivity contribution in [3.8, 4) is 11.8 Å². The van der Waals surface area contributed by atoms with E-state index >= 15 is 0 Å². The Morgan fingerprint density at radius 1 is 0.904 bits per heavy atom. The number of fused-ring (bicyclic) bond motifs is 1. The Balaban J connectivity index is 1.57. The first-order valence-corrected chi connectivity index (χ1v) is 26.3. The minimum absolute atomic E-state index is 0.00396. The lowest BCUT2D eigenvalue weighted by molar-refractivity contribution is -0.149. The molecule has 0 aliphatic heterocycles. The van der Waals surface area contributed by atoms with Crippen LogP contribution in [0, 0.1) is 41.4 Å². The van der Waals surface area contributed by atoms with E-state index < -0.39 is 16.6 Å². The van der Waals surface area contributed by atoms with Gasteiger partial charge in [0.1, 0.15) is 6.10 Å². The molecule has 4 nitrogen and oxygen atoms in total. The monoisotopic (exact) mass is 747 g/mol. The van der Waals surface area contributed by atoms with E-state index in [-0.39, 0.29) is 45.7 Å². The molecule has 0 spiro atoms. The topological polar surface area (TPSA) is 44.8 Å². The number of ether oxygens (including phenoxy) is 1. The molecule has 6 heteroatoms. The van der Waals surface area contributed by atoms with Crippen molar-refractivity contribution in [1.29, 1.82) is 0 Å². The van der Waals surface area contributed by atoms with Crippen LogP contribution in [0.1, 0.15) is 126 Å². The number of rotatable bonds is 12. The predicted octanol–water partition coefficient (Wildman–Crippen LogP) is 12.4. The average Bonchev–Trinajstić information content (AvgIpc) is 3.57. The van der Waals surface area contributed by atoms with E-state index in [1.807, 2.05) is 13.0 Å². The lowest BCUT2D eigenvalue weighted by Gasteiger charge is -2.42. The van der Waals surface area contributed by atoms with Crippen LogP contribution in [0.4, 0.5) is 0 Å². The summed E-state index contributed by atoms with van der Waals surface area (Å²) in [7, 11) is -4.02. The quantitative estimate of drug-likeness (QED) is 0.0702. The van der Waals surface area contributed by atoms with Crippen molar-refractivity contribution in [2.45, 2.75) is 181 Å². The highest BCUT2D eigenvalue weighted by atomic mass is 28.4. The van der Waals surface area contributed by atoms with Crippen LogP contribution in [-0.2, 0) is 23.8 Å². The molecular formula is C46H74O4Si2. The molecule has 4 rings (SSSR count). The second-order valence-corrected chi connectivity index (χ2v) is 29.7. The number of allylic oxidation sites excluding steroid dienone is 1. The van der Waals surface area contributed by atoms with Crippen molar-refractivity contribution in [1.82, 2.24) is 0 Å². The zero-order valence-electron chi connectivity index (χ0n) is 35.5. The van der Waals surface area contributed by atoms with Gasteiger partial charge in [0.25, 0.3) is 0 Å². The van der Waals surface area contributed by atoms with Gasteiger partial charge in [-0.05, 0) is 110 Å². The van der Waals surface area contributed by atoms with Gasteiger partial charge in [-0.1, -0.05) is 117 Å². The highest BCUT2D eigenvalue weighted by Gasteiger charge is 2.50. The van der Waals surface area contributed by atoms with Crippen molar-refractivity contribution < 1.29 is 18.4 Å². The van der Waals surface area contributed by atoms with E-state index in [1.54, 1.807) is 0 Å². The minimum atomic E-state index is -2.02. The molecule has 8 atom stereocenters. The van der Waals surface area contributed by atoms with Gasteiger partial charge >= 0.3 is 5.97 Å². The van der Waals surface area contributed by atoms with Crippen LogP contribution in [0.25, 0.3) is 0 Å². The molecule has 0 radical (unpaired) electrons. The summed E-state index contributed by atoms with van der Waals surface area (Å²) in [5.74, 6) is 8.12. The van der Waals surface area contributed by atoms with Crippen LogP contribution in [0.15, 0.2) is 54.1 Å². The first-order chi connectivity index (χ1) is 24.1. The summed E-state index contributed by atoms with van der Waals surface area (Å²) in [5.41, 5.74) is 2.51. The van der Waals surface area contributed by atoms with E-state index in [0.717, 1.165) is 44.9 Å². The summed E-state index contributed by atoms with van der Waals surface area (Å²) < 4.78 is 20.7. The fourth-order valence-corrected chi connectivity index (χ4v) is 11.2. The molecule has 3 aliphatic carbocycles. The SMILES string of the molecule is CC#CC[C@H](C)C(/C=C/[C@H]1C(O[Si](C)(C)C(C)(C)C)C[C@@H]2C/C(=C\C(=O)OC3CCCCC3C(C)(C)c3ccccc3)C[C@@H]21)O[Si](C)(C)C(C)(C)C. The Hall–Kier alpha value is -1.92. The van der Waals surface area contributed by atoms with Gasteiger partial charge in [-0.2, -0.15) is 0 Å². The second kappa shape index (κ2) is 16.8. The number of carbonyl (C=O) groups excluding carboxylic acids is 1. The van der Waals surface area contributed by atoms with E-state index in [4.69, 9.17) is 13.6 Å². The second-order valence-electron chi connectivity index (χ2n) is 20.2. The summed E-state index contributed by atoms with van der Waals surface area (Å²) in [6, 6.07) is 10.8. The average molecular weight is 747 g/mol. The van der Waals surface area contributed by atoms with Crippen molar-refractivity contribution in [3.63, 3.8) is 0 Å². The Kier molecular flexibility index (Phi) is 13.9. The maximum atomic E-state index is 13.7. The highest BCUT2D eigenvalue weighted by Crippen LogP contribution is 2.53. The standard InChI is InChI=1S/C46H74O4Si2/c1-15-16-22-33(2)40(49-51(11,12)44(3,4)5)28-27-37-38-30-34(29-35(38)32-42(37)50-52(13,14)45(6,7)8)31-43(47)48-41-26-21-20-25-39(41)46(9,10)36-23-18-17-19-24-36/h17-19,23-24,27-28,31,33,35,37-42H,20-22,25-26,29-30,32H2,1-14H3/b28-27+,34-31+/t33-,35-,37+,38-,39?,40?,41?,42?/m0/s1. The van der Waals surface area contributed by atoms with Gasteiger partial charge in [0, 0.05) is 24.3 Å². The molecule has 0 heterocycles. The lowest BCUT2D eigenvalue weighted by atomic mass is 9.66. The highest BCUT2D eigenvalue weighted by molar-refractivity contribution is 6.74. The molecule has 290 valence electrons. The zero-order valence-corrected chi connectivity index (χ0v) is 37.5. The van der Waals surface area contributed by atoms with Crippen LogP contribution >= 0.6 is 0 Å². The largest absolute Gasteiger partial charge is 0.459 e. The molecule has 0 saturated heterocycles. The maximum Gasteiger partial charge on any atom is 0.330 e. The van der Waals surface area contributed by atoms with Crippen LogP contribution < -0.4 is 0 Å². The summed E-state index contributed by atoms with van der Waals surface area (Å²) in [5, 5.41) is 0.261. The summed E-state index contributed by atoms with van der Waals surface area (Å²) in [4.78, 5) is 13.7. The predicted molar refractivity (Wildman–Crippen MR) is 224 cm³/mol. The normalized spacial score (nSPS) is 28.0. The van der Waals surface area contributed by atoms with E-state index in [9.17, 15) is 4.79 Å². The van der Waals surface area contributed by atoms with Crippen LogP contribution in [-0.4, -0.2) is 40.9 Å². The first kappa shape index (κ1) is 42.8. The lowest BCUT2D eigenvalue weighted by Crippen LogP contribution is -2.45. The van der Waals surface area contributed by atoms with Crippen molar-refractivity contribution in [2.24, 2.45) is 29.6 Å². The minimum Gasteiger partial charge on any atom is -0.459 e. The number of carbonyl (C=O) groups is 1.